The number of hydrogen-bond donors (Lipinski definition) is 2. The highest BCUT2D eigenvalue weighted by molar-refractivity contribution is 14.0. The lowest BCUT2D eigenvalue weighted by Gasteiger charge is -2.25. The molecule has 0 spiro atoms. The number of amides is 1. The van der Waals surface area contributed by atoms with Gasteiger partial charge in [-0.25, -0.2) is 4.99 Å². The normalized spacial score (nSPS) is 23.1. The van der Waals surface area contributed by atoms with Crippen molar-refractivity contribution < 1.29 is 9.53 Å². The van der Waals surface area contributed by atoms with Crippen LogP contribution in [0, 0.1) is 11.8 Å². The number of hydrogen-bond acceptors (Lipinski definition) is 3. The van der Waals surface area contributed by atoms with Gasteiger partial charge in [0.25, 0.3) is 0 Å². The number of para-hydroxylation sites is 1. The SMILES string of the molecule is CN(C)C(=O)CN=C(NCCCOc1ccccc1)NC1CC2CCC1C2.I. The van der Waals surface area contributed by atoms with Gasteiger partial charge in [0, 0.05) is 26.7 Å². The van der Waals surface area contributed by atoms with Crippen molar-refractivity contribution in [2.75, 3.05) is 33.8 Å². The number of likely N-dealkylation sites (N-methyl/N-ethyl adjacent to an activating group) is 1. The van der Waals surface area contributed by atoms with E-state index in [9.17, 15) is 4.79 Å². The summed E-state index contributed by atoms with van der Waals surface area (Å²) in [6.45, 7) is 1.58. The number of fused-ring (bicyclic) bond motifs is 2. The lowest BCUT2D eigenvalue weighted by molar-refractivity contribution is -0.127. The third-order valence-electron chi connectivity index (χ3n) is 5.56. The molecular weight excluding hydrogens is 467 g/mol. The van der Waals surface area contributed by atoms with Crippen molar-refractivity contribution in [3.8, 4) is 5.75 Å². The molecule has 3 atom stereocenters. The number of benzene rings is 1. The van der Waals surface area contributed by atoms with Gasteiger partial charge in [-0.2, -0.15) is 0 Å². The Hall–Kier alpha value is -1.51. The van der Waals surface area contributed by atoms with Crippen molar-refractivity contribution in [2.24, 2.45) is 16.8 Å². The van der Waals surface area contributed by atoms with Crippen LogP contribution in [0.25, 0.3) is 0 Å². The standard InChI is InChI=1S/C21H32N4O2.HI/c1-25(2)20(26)15-23-21(24-19-14-16-9-10-17(19)13-16)22-11-6-12-27-18-7-4-3-5-8-18;/h3-5,7-8,16-17,19H,6,9-15H2,1-2H3,(H2,22,23,24);1H. The van der Waals surface area contributed by atoms with Crippen molar-refractivity contribution in [1.82, 2.24) is 15.5 Å². The summed E-state index contributed by atoms with van der Waals surface area (Å²) in [6, 6.07) is 10.3. The number of carbonyl (C=O) groups is 1. The van der Waals surface area contributed by atoms with Gasteiger partial charge < -0.3 is 20.3 Å². The molecule has 2 aliphatic carbocycles. The van der Waals surface area contributed by atoms with Crippen LogP contribution in [0.3, 0.4) is 0 Å². The van der Waals surface area contributed by atoms with Gasteiger partial charge >= 0.3 is 0 Å². The Morgan fingerprint density at radius 1 is 1.21 bits per heavy atom. The first-order valence-corrected chi connectivity index (χ1v) is 10.0. The molecule has 1 amide bonds. The molecule has 2 bridgehead atoms. The summed E-state index contributed by atoms with van der Waals surface area (Å²) in [5.74, 6) is 3.28. The lowest BCUT2D eigenvalue weighted by atomic mass is 9.95. The average molecular weight is 500 g/mol. The number of ether oxygens (including phenoxy) is 1. The minimum Gasteiger partial charge on any atom is -0.494 e. The highest BCUT2D eigenvalue weighted by atomic mass is 127. The van der Waals surface area contributed by atoms with E-state index in [0.29, 0.717) is 12.6 Å². The molecule has 7 heteroatoms. The van der Waals surface area contributed by atoms with Crippen LogP contribution in [-0.2, 0) is 4.79 Å². The van der Waals surface area contributed by atoms with Crippen LogP contribution in [0.4, 0.5) is 0 Å². The molecule has 28 heavy (non-hydrogen) atoms. The van der Waals surface area contributed by atoms with Crippen LogP contribution in [0.2, 0.25) is 0 Å². The molecule has 156 valence electrons. The first-order valence-electron chi connectivity index (χ1n) is 10.0. The molecule has 0 aromatic heterocycles. The van der Waals surface area contributed by atoms with Crippen LogP contribution < -0.4 is 15.4 Å². The fourth-order valence-electron chi connectivity index (χ4n) is 4.02. The van der Waals surface area contributed by atoms with Crippen molar-refractivity contribution in [1.29, 1.82) is 0 Å². The van der Waals surface area contributed by atoms with Crippen LogP contribution >= 0.6 is 24.0 Å². The Balaban J connectivity index is 0.00000280. The summed E-state index contributed by atoms with van der Waals surface area (Å²) in [5.41, 5.74) is 0. The molecule has 0 saturated heterocycles. The molecular formula is C21H33IN4O2. The van der Waals surface area contributed by atoms with Gasteiger partial charge in [0.15, 0.2) is 5.96 Å². The summed E-state index contributed by atoms with van der Waals surface area (Å²) in [4.78, 5) is 18.0. The van der Waals surface area contributed by atoms with Crippen LogP contribution in [0.15, 0.2) is 35.3 Å². The zero-order chi connectivity index (χ0) is 19.1. The molecule has 6 nitrogen and oxygen atoms in total. The molecule has 0 heterocycles. The zero-order valence-corrected chi connectivity index (χ0v) is 19.2. The number of aliphatic imine (C=N–C) groups is 1. The van der Waals surface area contributed by atoms with Gasteiger partial charge in [-0.15, -0.1) is 24.0 Å². The van der Waals surface area contributed by atoms with E-state index in [1.807, 2.05) is 30.3 Å². The Bertz CT molecular complexity index is 639. The maximum absolute atomic E-state index is 11.9. The minimum absolute atomic E-state index is 0. The van der Waals surface area contributed by atoms with Gasteiger partial charge in [0.1, 0.15) is 12.3 Å². The van der Waals surface area contributed by atoms with Crippen LogP contribution in [0.5, 0.6) is 5.75 Å². The first kappa shape index (κ1) is 22.8. The number of guanidine groups is 1. The zero-order valence-electron chi connectivity index (χ0n) is 16.9. The smallest absolute Gasteiger partial charge is 0.243 e. The second-order valence-corrected chi connectivity index (χ2v) is 7.82. The third-order valence-corrected chi connectivity index (χ3v) is 5.56. The molecule has 1 aromatic rings. The molecule has 0 radical (unpaired) electrons. The highest BCUT2D eigenvalue weighted by Gasteiger charge is 2.39. The number of halogens is 1. The van der Waals surface area contributed by atoms with Crippen molar-refractivity contribution in [3.05, 3.63) is 30.3 Å². The summed E-state index contributed by atoms with van der Waals surface area (Å²) in [5, 5.41) is 6.95. The second-order valence-electron chi connectivity index (χ2n) is 7.82. The van der Waals surface area contributed by atoms with Gasteiger partial charge in [-0.1, -0.05) is 24.6 Å². The molecule has 2 fully saturated rings. The Kier molecular flexibility index (Phi) is 9.34. The predicted molar refractivity (Wildman–Crippen MR) is 123 cm³/mol. The van der Waals surface area contributed by atoms with Gasteiger partial charge in [-0.3, -0.25) is 4.79 Å². The van der Waals surface area contributed by atoms with E-state index >= 15 is 0 Å². The van der Waals surface area contributed by atoms with Gasteiger partial charge in [0.2, 0.25) is 5.91 Å². The molecule has 3 rings (SSSR count). The summed E-state index contributed by atoms with van der Waals surface area (Å²) in [7, 11) is 3.52. The number of rotatable bonds is 8. The quantitative estimate of drug-likeness (QED) is 0.250. The predicted octanol–water partition coefficient (Wildman–Crippen LogP) is 2.89. The molecule has 2 saturated carbocycles. The third kappa shape index (κ3) is 6.83. The molecule has 1 aromatic carbocycles. The summed E-state index contributed by atoms with van der Waals surface area (Å²) >= 11 is 0. The number of nitrogens with zero attached hydrogens (tertiary/aromatic N) is 2. The lowest BCUT2D eigenvalue weighted by Crippen LogP contribution is -2.46. The number of nitrogens with one attached hydrogen (secondary N) is 2. The average Bonchev–Trinajstić information content (AvgIpc) is 3.29. The Morgan fingerprint density at radius 3 is 2.64 bits per heavy atom. The molecule has 3 unspecified atom stereocenters. The van der Waals surface area contributed by atoms with E-state index in [-0.39, 0.29) is 36.4 Å². The topological polar surface area (TPSA) is 66.0 Å². The maximum Gasteiger partial charge on any atom is 0.243 e. The molecule has 2 N–H and O–H groups in total. The Labute approximate surface area is 185 Å². The second kappa shape index (κ2) is 11.5. The minimum atomic E-state index is 0. The van der Waals surface area contributed by atoms with Gasteiger partial charge in [-0.05, 0) is 49.7 Å². The van der Waals surface area contributed by atoms with Crippen molar-refractivity contribution >= 4 is 35.8 Å². The summed E-state index contributed by atoms with van der Waals surface area (Å²) < 4.78 is 5.73. The van der Waals surface area contributed by atoms with E-state index in [4.69, 9.17) is 4.74 Å². The number of carbonyl (C=O) groups excluding carboxylic acids is 1. The summed E-state index contributed by atoms with van der Waals surface area (Å²) in [6.07, 6.45) is 6.13. The maximum atomic E-state index is 11.9. The van der Waals surface area contributed by atoms with Crippen LogP contribution in [-0.4, -0.2) is 56.6 Å². The van der Waals surface area contributed by atoms with E-state index in [0.717, 1.165) is 36.5 Å². The largest absolute Gasteiger partial charge is 0.494 e. The Morgan fingerprint density at radius 2 is 2.00 bits per heavy atom. The fourth-order valence-corrected chi connectivity index (χ4v) is 4.02. The fraction of sp³-hybridized carbons (Fsp3) is 0.619. The molecule has 0 aliphatic heterocycles. The van der Waals surface area contributed by atoms with E-state index in [1.54, 1.807) is 19.0 Å². The van der Waals surface area contributed by atoms with E-state index in [1.165, 1.54) is 25.7 Å². The van der Waals surface area contributed by atoms with Crippen molar-refractivity contribution in [2.45, 2.75) is 38.1 Å². The molecule has 2 aliphatic rings. The van der Waals surface area contributed by atoms with Crippen molar-refractivity contribution in [3.63, 3.8) is 0 Å². The van der Waals surface area contributed by atoms with E-state index in [2.05, 4.69) is 15.6 Å². The van der Waals surface area contributed by atoms with E-state index < -0.39 is 0 Å². The monoisotopic (exact) mass is 500 g/mol. The first-order chi connectivity index (χ1) is 13.1. The highest BCUT2D eigenvalue weighted by Crippen LogP contribution is 2.44. The van der Waals surface area contributed by atoms with Gasteiger partial charge in [0.05, 0.1) is 6.61 Å². The van der Waals surface area contributed by atoms with Crippen LogP contribution in [0.1, 0.15) is 32.1 Å².